The van der Waals surface area contributed by atoms with E-state index in [4.69, 9.17) is 0 Å². The lowest BCUT2D eigenvalue weighted by Crippen LogP contribution is -2.39. The molecule has 0 saturated heterocycles. The van der Waals surface area contributed by atoms with Crippen LogP contribution < -0.4 is 15.4 Å². The third-order valence-electron chi connectivity index (χ3n) is 3.52. The highest BCUT2D eigenvalue weighted by Crippen LogP contribution is 2.15. The molecule has 0 radical (unpaired) electrons. The van der Waals surface area contributed by atoms with E-state index in [2.05, 4.69) is 58.5 Å². The number of sulfonamides is 1. The zero-order chi connectivity index (χ0) is 18.0. The van der Waals surface area contributed by atoms with Gasteiger partial charge < -0.3 is 10.6 Å². The number of guanidine groups is 1. The van der Waals surface area contributed by atoms with Gasteiger partial charge in [0, 0.05) is 32.1 Å². The molecule has 1 atom stereocenters. The van der Waals surface area contributed by atoms with Crippen molar-refractivity contribution in [2.75, 3.05) is 32.4 Å². The van der Waals surface area contributed by atoms with Crippen molar-refractivity contribution in [3.63, 3.8) is 0 Å². The van der Waals surface area contributed by atoms with E-state index in [1.54, 1.807) is 0 Å². The second-order valence-corrected chi connectivity index (χ2v) is 7.81. The molecule has 0 aromatic heterocycles. The van der Waals surface area contributed by atoms with Crippen molar-refractivity contribution in [2.24, 2.45) is 4.99 Å². The number of hydrogen-bond acceptors (Lipinski definition) is 3. The highest BCUT2D eigenvalue weighted by molar-refractivity contribution is 7.88. The van der Waals surface area contributed by atoms with E-state index >= 15 is 0 Å². The summed E-state index contributed by atoms with van der Waals surface area (Å²) in [5.41, 5.74) is 2.53. The second kappa shape index (κ2) is 10.3. The summed E-state index contributed by atoms with van der Waals surface area (Å²) in [4.78, 5) is 4.61. The lowest BCUT2D eigenvalue weighted by molar-refractivity contribution is 0.584. The van der Waals surface area contributed by atoms with E-state index < -0.39 is 10.0 Å². The number of nitrogens with one attached hydrogen (secondary N) is 3. The zero-order valence-electron chi connectivity index (χ0n) is 15.1. The Morgan fingerprint density at radius 3 is 2.42 bits per heavy atom. The molecule has 1 aromatic rings. The Bertz CT molecular complexity index is 612. The first-order valence-corrected chi connectivity index (χ1v) is 10.2. The van der Waals surface area contributed by atoms with Crippen LogP contribution in [0, 0.1) is 6.92 Å². The van der Waals surface area contributed by atoms with Crippen molar-refractivity contribution >= 4 is 16.0 Å². The van der Waals surface area contributed by atoms with Crippen LogP contribution in [0.15, 0.2) is 29.3 Å². The number of nitrogens with zero attached hydrogens (tertiary/aromatic N) is 1. The predicted molar refractivity (Wildman–Crippen MR) is 101 cm³/mol. The van der Waals surface area contributed by atoms with E-state index in [-0.39, 0.29) is 0 Å². The summed E-state index contributed by atoms with van der Waals surface area (Å²) in [5.74, 6) is 1.10. The topological polar surface area (TPSA) is 82.6 Å². The van der Waals surface area contributed by atoms with Gasteiger partial charge in [-0.15, -0.1) is 0 Å². The summed E-state index contributed by atoms with van der Waals surface area (Å²) < 4.78 is 24.5. The molecule has 0 bridgehead atoms. The molecule has 0 aliphatic heterocycles. The average molecular weight is 355 g/mol. The summed E-state index contributed by atoms with van der Waals surface area (Å²) >= 11 is 0. The molecule has 0 aliphatic carbocycles. The molecular formula is C17H30N4O2S. The Morgan fingerprint density at radius 1 is 1.17 bits per heavy atom. The van der Waals surface area contributed by atoms with Crippen LogP contribution in [0.2, 0.25) is 0 Å². The summed E-state index contributed by atoms with van der Waals surface area (Å²) in [6.07, 6.45) is 1.86. The van der Waals surface area contributed by atoms with E-state index in [1.165, 1.54) is 17.4 Å². The Hall–Kier alpha value is -1.60. The third kappa shape index (κ3) is 8.88. The van der Waals surface area contributed by atoms with E-state index in [0.29, 0.717) is 32.0 Å². The van der Waals surface area contributed by atoms with Crippen molar-refractivity contribution in [3.05, 3.63) is 35.4 Å². The molecule has 0 heterocycles. The highest BCUT2D eigenvalue weighted by Gasteiger charge is 2.05. The van der Waals surface area contributed by atoms with E-state index in [1.807, 2.05) is 6.92 Å². The van der Waals surface area contributed by atoms with Crippen LogP contribution in [0.4, 0.5) is 0 Å². The molecule has 136 valence electrons. The Morgan fingerprint density at radius 2 is 1.83 bits per heavy atom. The molecule has 0 fully saturated rings. The van der Waals surface area contributed by atoms with Crippen LogP contribution in [0.3, 0.4) is 0 Å². The first-order valence-electron chi connectivity index (χ1n) is 8.35. The summed E-state index contributed by atoms with van der Waals surface area (Å²) in [6, 6.07) is 8.53. The van der Waals surface area contributed by atoms with Gasteiger partial charge in [-0.1, -0.05) is 36.8 Å². The van der Waals surface area contributed by atoms with Crippen molar-refractivity contribution in [1.29, 1.82) is 0 Å². The first kappa shape index (κ1) is 20.4. The smallest absolute Gasteiger partial charge is 0.208 e. The first-order chi connectivity index (χ1) is 11.3. The monoisotopic (exact) mass is 354 g/mol. The molecule has 6 nitrogen and oxygen atoms in total. The van der Waals surface area contributed by atoms with E-state index in [9.17, 15) is 8.42 Å². The lowest BCUT2D eigenvalue weighted by atomic mass is 10.0. The molecular weight excluding hydrogens is 324 g/mol. The maximum absolute atomic E-state index is 11.0. The zero-order valence-corrected chi connectivity index (χ0v) is 15.9. The number of benzene rings is 1. The largest absolute Gasteiger partial charge is 0.357 e. The molecule has 0 saturated carbocycles. The molecule has 0 aliphatic rings. The van der Waals surface area contributed by atoms with Crippen molar-refractivity contribution in [2.45, 2.75) is 33.1 Å². The second-order valence-electron chi connectivity index (χ2n) is 5.98. The molecule has 0 amide bonds. The van der Waals surface area contributed by atoms with Gasteiger partial charge in [0.05, 0.1) is 6.26 Å². The van der Waals surface area contributed by atoms with Gasteiger partial charge in [0.25, 0.3) is 0 Å². The van der Waals surface area contributed by atoms with Gasteiger partial charge in [-0.2, -0.15) is 0 Å². The third-order valence-corrected chi connectivity index (χ3v) is 4.25. The van der Waals surface area contributed by atoms with Gasteiger partial charge in [0.2, 0.25) is 10.0 Å². The molecule has 1 unspecified atom stereocenters. The molecule has 1 rings (SSSR count). The number of aliphatic imine (C=N–C) groups is 1. The van der Waals surface area contributed by atoms with Crippen molar-refractivity contribution in [3.8, 4) is 0 Å². The minimum absolute atomic E-state index is 0.341. The standard InChI is InChI=1S/C17H30N4O2S/c1-5-18-17(19-11-6-12-21-24(4,22)23)20-13-15(3)16-9-7-14(2)8-10-16/h7-10,15,21H,5-6,11-13H2,1-4H3,(H2,18,19,20). The van der Waals surface area contributed by atoms with Gasteiger partial charge >= 0.3 is 0 Å². The molecule has 24 heavy (non-hydrogen) atoms. The van der Waals surface area contributed by atoms with E-state index in [0.717, 1.165) is 12.5 Å². The summed E-state index contributed by atoms with van der Waals surface area (Å²) in [7, 11) is -3.11. The Labute approximate surface area is 146 Å². The highest BCUT2D eigenvalue weighted by atomic mass is 32.2. The minimum Gasteiger partial charge on any atom is -0.357 e. The summed E-state index contributed by atoms with van der Waals surface area (Å²) in [6.45, 7) is 8.82. The minimum atomic E-state index is -3.11. The predicted octanol–water partition coefficient (Wildman–Crippen LogP) is 1.59. The van der Waals surface area contributed by atoms with Crippen LogP contribution >= 0.6 is 0 Å². The summed E-state index contributed by atoms with van der Waals surface area (Å²) in [5, 5.41) is 6.43. The fourth-order valence-corrected chi connectivity index (χ4v) is 2.64. The van der Waals surface area contributed by atoms with Crippen LogP contribution in [0.5, 0.6) is 0 Å². The average Bonchev–Trinajstić information content (AvgIpc) is 2.51. The van der Waals surface area contributed by atoms with Crippen LogP contribution in [0.25, 0.3) is 0 Å². The van der Waals surface area contributed by atoms with Gasteiger partial charge in [0.15, 0.2) is 5.96 Å². The van der Waals surface area contributed by atoms with Crippen LogP contribution in [-0.2, 0) is 10.0 Å². The fourth-order valence-electron chi connectivity index (χ4n) is 2.12. The lowest BCUT2D eigenvalue weighted by Gasteiger charge is -2.14. The molecule has 0 spiro atoms. The Kier molecular flexibility index (Phi) is 8.78. The maximum atomic E-state index is 11.0. The van der Waals surface area contributed by atoms with Gasteiger partial charge in [-0.3, -0.25) is 4.99 Å². The normalized spacial score (nSPS) is 13.6. The number of hydrogen-bond donors (Lipinski definition) is 3. The van der Waals surface area contributed by atoms with Crippen LogP contribution in [-0.4, -0.2) is 46.8 Å². The fraction of sp³-hybridized carbons (Fsp3) is 0.588. The van der Waals surface area contributed by atoms with Gasteiger partial charge in [0.1, 0.15) is 0 Å². The number of aryl methyl sites for hydroxylation is 1. The number of rotatable bonds is 9. The van der Waals surface area contributed by atoms with Crippen molar-refractivity contribution < 1.29 is 8.42 Å². The van der Waals surface area contributed by atoms with Crippen molar-refractivity contribution in [1.82, 2.24) is 15.4 Å². The maximum Gasteiger partial charge on any atom is 0.208 e. The quantitative estimate of drug-likeness (QED) is 0.357. The Balaban J connectivity index is 2.45. The van der Waals surface area contributed by atoms with Crippen LogP contribution in [0.1, 0.15) is 37.3 Å². The SMILES string of the molecule is CCNC(=NCC(C)c1ccc(C)cc1)NCCCNS(C)(=O)=O. The molecule has 1 aromatic carbocycles. The van der Waals surface area contributed by atoms with Gasteiger partial charge in [-0.05, 0) is 25.8 Å². The molecule has 3 N–H and O–H groups in total. The molecule has 7 heteroatoms. The van der Waals surface area contributed by atoms with Gasteiger partial charge in [-0.25, -0.2) is 13.1 Å².